The Balaban J connectivity index is 1.64. The van der Waals surface area contributed by atoms with Crippen LogP contribution < -0.4 is 15.8 Å². The average molecular weight is 543 g/mol. The maximum Gasteiger partial charge on any atom is 0.353 e. The van der Waals surface area contributed by atoms with Crippen molar-refractivity contribution in [2.24, 2.45) is 5.73 Å². The van der Waals surface area contributed by atoms with Crippen LogP contribution in [0.2, 0.25) is 0 Å². The van der Waals surface area contributed by atoms with Crippen molar-refractivity contribution in [2.75, 3.05) is 12.3 Å². The molecule has 12 nitrogen and oxygen atoms in total. The van der Waals surface area contributed by atoms with Gasteiger partial charge >= 0.3 is 11.9 Å². The number of nitrogens with zero attached hydrogens (tertiary/aromatic N) is 1. The fourth-order valence-corrected chi connectivity index (χ4v) is 5.20. The van der Waals surface area contributed by atoms with E-state index in [9.17, 15) is 27.2 Å². The number of amides is 1. The smallest absolute Gasteiger partial charge is 0.353 e. The first kappa shape index (κ1) is 27.2. The van der Waals surface area contributed by atoms with Gasteiger partial charge in [0.2, 0.25) is 5.91 Å². The van der Waals surface area contributed by atoms with Crippen LogP contribution in [-0.4, -0.2) is 71.0 Å². The summed E-state index contributed by atoms with van der Waals surface area (Å²) in [4.78, 5) is 39.0. The molecule has 1 fully saturated rings. The van der Waals surface area contributed by atoms with Crippen LogP contribution >= 0.6 is 11.3 Å². The van der Waals surface area contributed by atoms with Gasteiger partial charge in [-0.25, -0.2) is 14.0 Å². The van der Waals surface area contributed by atoms with Crippen molar-refractivity contribution in [3.63, 3.8) is 0 Å². The normalized spacial score (nSPS) is 16.9. The molecule has 1 aliphatic rings. The predicted octanol–water partition coefficient (Wildman–Crippen LogP) is 0.812. The lowest BCUT2D eigenvalue weighted by molar-refractivity contribution is -0.141. The van der Waals surface area contributed by atoms with Crippen molar-refractivity contribution in [3.05, 3.63) is 51.5 Å². The molecule has 0 spiro atoms. The van der Waals surface area contributed by atoms with Gasteiger partial charge in [0, 0.05) is 17.0 Å². The van der Waals surface area contributed by atoms with Crippen LogP contribution in [0.1, 0.15) is 33.0 Å². The summed E-state index contributed by atoms with van der Waals surface area (Å²) in [6, 6.07) is 4.11. The van der Waals surface area contributed by atoms with Gasteiger partial charge in [-0.15, -0.1) is 11.3 Å². The Kier molecular flexibility index (Phi) is 8.39. The number of benzene rings is 1. The van der Waals surface area contributed by atoms with Gasteiger partial charge in [-0.1, -0.05) is 0 Å². The highest BCUT2D eigenvalue weighted by Crippen LogP contribution is 2.26. The standard InChI is InChI=1S/C21H23FN4O8S2/c22-13-8-11(18(23)24)3-5-16(13)34-21(30)17-6-4-12(35-17)9-26-7-1-2-15(26)19(27)25-14(20(28)29)10-36(31,32)33/h3-6,8,14-15H,1-2,7,9-10H2,(H3,23,24)(H,25,27)(H,28,29)(H,31,32,33)/t14-,15+/m0/s1. The minimum Gasteiger partial charge on any atom is -0.480 e. The summed E-state index contributed by atoms with van der Waals surface area (Å²) >= 11 is 1.07. The van der Waals surface area contributed by atoms with Gasteiger partial charge in [0.05, 0.1) is 6.04 Å². The van der Waals surface area contributed by atoms with E-state index in [1.54, 1.807) is 11.0 Å². The topological polar surface area (TPSA) is 200 Å². The number of carbonyl (C=O) groups is 3. The first-order valence-corrected chi connectivity index (χ1v) is 12.9. The molecule has 2 atom stereocenters. The van der Waals surface area contributed by atoms with Crippen molar-refractivity contribution in [1.82, 2.24) is 10.2 Å². The lowest BCUT2D eigenvalue weighted by Crippen LogP contribution is -2.51. The lowest BCUT2D eigenvalue weighted by atomic mass is 10.2. The Morgan fingerprint density at radius 1 is 1.31 bits per heavy atom. The van der Waals surface area contributed by atoms with Crippen LogP contribution in [0.3, 0.4) is 0 Å². The number of carboxylic acid groups (broad SMARTS) is 1. The Morgan fingerprint density at radius 3 is 2.64 bits per heavy atom. The Morgan fingerprint density at radius 2 is 2.03 bits per heavy atom. The summed E-state index contributed by atoms with van der Waals surface area (Å²) in [6.07, 6.45) is 1.03. The highest BCUT2D eigenvalue weighted by Gasteiger charge is 2.34. The van der Waals surface area contributed by atoms with Gasteiger partial charge in [-0.2, -0.15) is 8.42 Å². The number of nitrogens with two attached hydrogens (primary N) is 1. The number of halogens is 1. The monoisotopic (exact) mass is 542 g/mol. The third-order valence-electron chi connectivity index (χ3n) is 5.33. The van der Waals surface area contributed by atoms with Gasteiger partial charge in [0.25, 0.3) is 10.1 Å². The molecule has 2 aromatic rings. The van der Waals surface area contributed by atoms with Crippen molar-refractivity contribution < 1.29 is 41.6 Å². The zero-order valence-electron chi connectivity index (χ0n) is 18.6. The van der Waals surface area contributed by atoms with Crippen molar-refractivity contribution in [1.29, 1.82) is 5.41 Å². The first-order valence-electron chi connectivity index (χ1n) is 10.5. The number of nitrogen functional groups attached to an aromatic ring is 1. The average Bonchev–Trinajstić information content (AvgIpc) is 3.43. The van der Waals surface area contributed by atoms with E-state index in [2.05, 4.69) is 5.32 Å². The quantitative estimate of drug-likeness (QED) is 0.0940. The van der Waals surface area contributed by atoms with E-state index in [1.165, 1.54) is 18.2 Å². The summed E-state index contributed by atoms with van der Waals surface area (Å²) in [7, 11) is -4.63. The number of hydrogen-bond donors (Lipinski definition) is 5. The lowest BCUT2D eigenvalue weighted by Gasteiger charge is -2.24. The van der Waals surface area contributed by atoms with Crippen LogP contribution in [-0.2, 0) is 26.3 Å². The number of ether oxygens (including phenoxy) is 1. The van der Waals surface area contributed by atoms with E-state index >= 15 is 0 Å². The molecular formula is C21H23FN4O8S2. The summed E-state index contributed by atoms with van der Waals surface area (Å²) in [5.41, 5.74) is 5.45. The minimum atomic E-state index is -4.63. The molecule has 1 saturated heterocycles. The number of carboxylic acids is 1. The van der Waals surface area contributed by atoms with Gasteiger partial charge in [0.15, 0.2) is 11.6 Å². The maximum atomic E-state index is 14.2. The molecule has 0 radical (unpaired) electrons. The number of aliphatic carboxylic acids is 1. The first-order chi connectivity index (χ1) is 16.8. The second kappa shape index (κ2) is 11.1. The molecule has 0 aliphatic carbocycles. The summed E-state index contributed by atoms with van der Waals surface area (Å²) in [6.45, 7) is 0.743. The second-order valence-electron chi connectivity index (χ2n) is 7.99. The molecule has 6 N–H and O–H groups in total. The second-order valence-corrected chi connectivity index (χ2v) is 10.7. The van der Waals surface area contributed by atoms with Crippen molar-refractivity contribution in [2.45, 2.75) is 31.5 Å². The Bertz CT molecular complexity index is 1300. The third kappa shape index (κ3) is 7.07. The van der Waals surface area contributed by atoms with Gasteiger partial charge in [-0.3, -0.25) is 19.7 Å². The molecule has 0 unspecified atom stereocenters. The summed E-state index contributed by atoms with van der Waals surface area (Å²) < 4.78 is 50.3. The molecule has 15 heteroatoms. The van der Waals surface area contributed by atoms with E-state index in [0.717, 1.165) is 17.4 Å². The van der Waals surface area contributed by atoms with Gasteiger partial charge in [0.1, 0.15) is 22.5 Å². The number of amidine groups is 1. The number of thiophene rings is 1. The molecular weight excluding hydrogens is 519 g/mol. The Hall–Kier alpha value is -3.40. The number of esters is 1. The number of rotatable bonds is 10. The zero-order chi connectivity index (χ0) is 26.6. The molecule has 36 heavy (non-hydrogen) atoms. The SMILES string of the molecule is N=C(N)c1ccc(OC(=O)c2ccc(CN3CCC[C@@H]3C(=O)N[C@@H](CS(=O)(=O)O)C(=O)O)s2)c(F)c1. The van der Waals surface area contributed by atoms with Crippen LogP contribution in [0, 0.1) is 11.2 Å². The molecule has 1 amide bonds. The molecule has 1 aromatic heterocycles. The molecule has 0 saturated carbocycles. The van der Waals surface area contributed by atoms with Gasteiger partial charge in [-0.05, 0) is 49.7 Å². The number of likely N-dealkylation sites (tertiary alicyclic amines) is 1. The largest absolute Gasteiger partial charge is 0.480 e. The van der Waals surface area contributed by atoms with Gasteiger partial charge < -0.3 is 20.9 Å². The summed E-state index contributed by atoms with van der Waals surface area (Å²) in [5.74, 6) is -5.76. The van der Waals surface area contributed by atoms with E-state index in [1.807, 2.05) is 0 Å². The number of nitrogens with one attached hydrogen (secondary N) is 2. The zero-order valence-corrected chi connectivity index (χ0v) is 20.3. The molecule has 194 valence electrons. The maximum absolute atomic E-state index is 14.2. The van der Waals surface area contributed by atoms with Crippen molar-refractivity contribution in [3.8, 4) is 5.75 Å². The van der Waals surface area contributed by atoms with Crippen molar-refractivity contribution >= 4 is 45.1 Å². The highest BCUT2D eigenvalue weighted by molar-refractivity contribution is 7.85. The number of carbonyl (C=O) groups excluding carboxylic acids is 2. The highest BCUT2D eigenvalue weighted by atomic mass is 32.2. The fraction of sp³-hybridized carbons (Fsp3) is 0.333. The minimum absolute atomic E-state index is 0.141. The fourth-order valence-electron chi connectivity index (χ4n) is 3.64. The molecule has 0 bridgehead atoms. The molecule has 1 aromatic carbocycles. The van der Waals surface area contributed by atoms with E-state index in [4.69, 9.17) is 25.5 Å². The van der Waals surface area contributed by atoms with Crippen LogP contribution in [0.5, 0.6) is 5.75 Å². The predicted molar refractivity (Wildman–Crippen MR) is 126 cm³/mol. The van der Waals surface area contributed by atoms with E-state index in [-0.39, 0.29) is 28.6 Å². The third-order valence-corrected chi connectivity index (χ3v) is 7.13. The van der Waals surface area contributed by atoms with Crippen LogP contribution in [0.25, 0.3) is 0 Å². The summed E-state index contributed by atoms with van der Waals surface area (Å²) in [5, 5.41) is 18.6. The molecule has 3 rings (SSSR count). The van der Waals surface area contributed by atoms with Crippen LogP contribution in [0.15, 0.2) is 30.3 Å². The van der Waals surface area contributed by atoms with Crippen LogP contribution in [0.4, 0.5) is 4.39 Å². The number of hydrogen-bond acceptors (Lipinski definition) is 9. The molecule has 1 aliphatic heterocycles. The van der Waals surface area contributed by atoms with E-state index < -0.39 is 51.6 Å². The Labute approximate surface area is 209 Å². The molecule has 2 heterocycles. The van der Waals surface area contributed by atoms with E-state index in [0.29, 0.717) is 24.3 Å².